The lowest BCUT2D eigenvalue weighted by atomic mass is 10.0. The van der Waals surface area contributed by atoms with E-state index in [-0.39, 0.29) is 17.2 Å². The van der Waals surface area contributed by atoms with Gasteiger partial charge in [-0.15, -0.1) is 0 Å². The van der Waals surface area contributed by atoms with Crippen LogP contribution in [0.3, 0.4) is 0 Å². The van der Waals surface area contributed by atoms with Gasteiger partial charge in [-0.3, -0.25) is 4.79 Å². The van der Waals surface area contributed by atoms with Crippen LogP contribution in [0.25, 0.3) is 22.0 Å². The Kier molecular flexibility index (Phi) is 7.71. The minimum atomic E-state index is -0.683. The van der Waals surface area contributed by atoms with Crippen LogP contribution in [0.2, 0.25) is 10.0 Å². The molecule has 2 aromatic heterocycles. The minimum Gasteiger partial charge on any atom is -0.457 e. The molecule has 5 aromatic rings. The molecule has 0 atom stereocenters. The Morgan fingerprint density at radius 1 is 1.03 bits per heavy atom. The maximum atomic E-state index is 13.3. The Balaban J connectivity index is 1.47. The molecule has 0 bridgehead atoms. The van der Waals surface area contributed by atoms with Crippen LogP contribution in [0, 0.1) is 0 Å². The van der Waals surface area contributed by atoms with Crippen molar-refractivity contribution >= 4 is 84.1 Å². The van der Waals surface area contributed by atoms with Gasteiger partial charge in [-0.2, -0.15) is 5.10 Å². The number of nitrogens with zero attached hydrogens (tertiary/aromatic N) is 1. The van der Waals surface area contributed by atoms with E-state index in [0.717, 1.165) is 5.39 Å². The summed E-state index contributed by atoms with van der Waals surface area (Å²) in [6.07, 6.45) is 2.74. The van der Waals surface area contributed by atoms with E-state index in [0.29, 0.717) is 41.2 Å². The third-order valence-corrected chi connectivity index (χ3v) is 7.07. The van der Waals surface area contributed by atoms with E-state index in [4.69, 9.17) is 32.4 Å². The number of hydrazone groups is 1. The second kappa shape index (κ2) is 11.2. The van der Waals surface area contributed by atoms with Gasteiger partial charge in [0.25, 0.3) is 5.91 Å². The van der Waals surface area contributed by atoms with Crippen molar-refractivity contribution in [2.45, 2.75) is 0 Å². The smallest absolute Gasteiger partial charge is 0.379 e. The second-order valence-electron chi connectivity index (χ2n) is 7.92. The number of carbonyl (C=O) groups excluding carboxylic acids is 2. The number of benzene rings is 3. The van der Waals surface area contributed by atoms with Gasteiger partial charge in [0, 0.05) is 42.1 Å². The SMILES string of the molecule is O=C(Oc1c(Br)cc(Br)cc1C=NNC(=O)c1[nH]c2ccc(Cl)cc2c1-c1ccccc1Cl)c1ccco1. The highest BCUT2D eigenvalue weighted by molar-refractivity contribution is 9.11. The number of furan rings is 1. The second-order valence-corrected chi connectivity index (χ2v) is 10.5. The molecular formula is C27H15Br2Cl2N3O4. The van der Waals surface area contributed by atoms with E-state index in [1.165, 1.54) is 18.5 Å². The molecule has 0 aliphatic heterocycles. The average Bonchev–Trinajstić information content (AvgIpc) is 3.55. The number of fused-ring (bicyclic) bond motifs is 1. The zero-order valence-electron chi connectivity index (χ0n) is 19.1. The highest BCUT2D eigenvalue weighted by Gasteiger charge is 2.21. The molecule has 7 nitrogen and oxygen atoms in total. The lowest BCUT2D eigenvalue weighted by Crippen LogP contribution is -2.19. The maximum absolute atomic E-state index is 13.3. The van der Waals surface area contributed by atoms with Crippen LogP contribution in [0.4, 0.5) is 0 Å². The van der Waals surface area contributed by atoms with Gasteiger partial charge in [-0.25, -0.2) is 10.2 Å². The zero-order valence-corrected chi connectivity index (χ0v) is 23.8. The Hall–Kier alpha value is -3.37. The van der Waals surface area contributed by atoms with Crippen molar-refractivity contribution in [2.24, 2.45) is 5.10 Å². The molecule has 190 valence electrons. The van der Waals surface area contributed by atoms with Gasteiger partial charge in [0.2, 0.25) is 5.76 Å². The van der Waals surface area contributed by atoms with Crippen molar-refractivity contribution in [3.8, 4) is 16.9 Å². The van der Waals surface area contributed by atoms with E-state index >= 15 is 0 Å². The number of nitrogens with one attached hydrogen (secondary N) is 2. The molecule has 2 heterocycles. The summed E-state index contributed by atoms with van der Waals surface area (Å²) in [5.41, 5.74) is 5.18. The number of halogens is 4. The number of carbonyl (C=O) groups is 2. The minimum absolute atomic E-state index is 0.0435. The van der Waals surface area contributed by atoms with E-state index < -0.39 is 11.9 Å². The largest absolute Gasteiger partial charge is 0.457 e. The van der Waals surface area contributed by atoms with E-state index in [9.17, 15) is 9.59 Å². The van der Waals surface area contributed by atoms with Gasteiger partial charge >= 0.3 is 5.97 Å². The summed E-state index contributed by atoms with van der Waals surface area (Å²) in [7, 11) is 0. The molecule has 0 saturated carbocycles. The molecule has 0 fully saturated rings. The summed E-state index contributed by atoms with van der Waals surface area (Å²) in [6.45, 7) is 0. The fourth-order valence-electron chi connectivity index (χ4n) is 3.82. The topological polar surface area (TPSA) is 96.7 Å². The van der Waals surface area contributed by atoms with Crippen molar-refractivity contribution in [1.82, 2.24) is 10.4 Å². The monoisotopic (exact) mass is 673 g/mol. The number of rotatable bonds is 6. The zero-order chi connectivity index (χ0) is 26.8. The number of amides is 1. The first-order valence-electron chi connectivity index (χ1n) is 11.0. The third-order valence-electron chi connectivity index (χ3n) is 5.45. The fraction of sp³-hybridized carbons (Fsp3) is 0. The molecule has 1 amide bonds. The number of esters is 1. The van der Waals surface area contributed by atoms with Crippen LogP contribution in [0.5, 0.6) is 5.75 Å². The quantitative estimate of drug-likeness (QED) is 0.0820. The van der Waals surface area contributed by atoms with E-state index in [1.807, 2.05) is 18.2 Å². The van der Waals surface area contributed by atoms with Crippen LogP contribution in [0.15, 0.2) is 91.5 Å². The predicted molar refractivity (Wildman–Crippen MR) is 154 cm³/mol. The van der Waals surface area contributed by atoms with Gasteiger partial charge in [-0.05, 0) is 64.5 Å². The summed E-state index contributed by atoms with van der Waals surface area (Å²) >= 11 is 19.5. The first kappa shape index (κ1) is 26.2. The Labute approximate surface area is 243 Å². The highest BCUT2D eigenvalue weighted by Crippen LogP contribution is 2.38. The summed E-state index contributed by atoms with van der Waals surface area (Å²) in [4.78, 5) is 28.9. The molecule has 0 spiro atoms. The molecule has 0 unspecified atom stereocenters. The van der Waals surface area contributed by atoms with Gasteiger partial charge in [0.1, 0.15) is 5.69 Å². The molecule has 38 heavy (non-hydrogen) atoms. The van der Waals surface area contributed by atoms with Crippen molar-refractivity contribution in [3.63, 3.8) is 0 Å². The molecule has 2 N–H and O–H groups in total. The number of hydrogen-bond acceptors (Lipinski definition) is 5. The number of hydrogen-bond donors (Lipinski definition) is 2. The van der Waals surface area contributed by atoms with Crippen molar-refractivity contribution in [2.75, 3.05) is 0 Å². The number of aromatic nitrogens is 1. The van der Waals surface area contributed by atoms with Crippen LogP contribution in [-0.4, -0.2) is 23.1 Å². The summed E-state index contributed by atoms with van der Waals surface area (Å²) in [5, 5.41) is 5.85. The number of aromatic amines is 1. The highest BCUT2D eigenvalue weighted by atomic mass is 79.9. The molecule has 0 aliphatic rings. The molecule has 11 heteroatoms. The van der Waals surface area contributed by atoms with Crippen molar-refractivity contribution in [1.29, 1.82) is 0 Å². The normalized spacial score (nSPS) is 11.3. The Morgan fingerprint density at radius 3 is 2.61 bits per heavy atom. The van der Waals surface area contributed by atoms with Crippen molar-refractivity contribution in [3.05, 3.63) is 109 Å². The fourth-order valence-corrected chi connectivity index (χ4v) is 5.56. The summed E-state index contributed by atoms with van der Waals surface area (Å²) in [5.74, 6) is -0.948. The first-order chi connectivity index (χ1) is 18.3. The molecule has 0 saturated heterocycles. The average molecular weight is 676 g/mol. The van der Waals surface area contributed by atoms with Gasteiger partial charge < -0.3 is 14.1 Å². The molecular weight excluding hydrogens is 661 g/mol. The van der Waals surface area contributed by atoms with E-state index in [1.54, 1.807) is 42.5 Å². The Morgan fingerprint density at radius 2 is 1.84 bits per heavy atom. The molecule has 0 radical (unpaired) electrons. The summed E-state index contributed by atoms with van der Waals surface area (Å²) in [6, 6.07) is 19.0. The van der Waals surface area contributed by atoms with Gasteiger partial charge in [0.15, 0.2) is 5.75 Å². The lowest BCUT2D eigenvalue weighted by molar-refractivity contribution is 0.0699. The third kappa shape index (κ3) is 5.42. The van der Waals surface area contributed by atoms with Crippen LogP contribution in [0.1, 0.15) is 26.6 Å². The van der Waals surface area contributed by atoms with Gasteiger partial charge in [-0.1, -0.05) is 57.3 Å². The molecule has 3 aromatic carbocycles. The summed E-state index contributed by atoms with van der Waals surface area (Å²) < 4.78 is 11.8. The Bertz CT molecular complexity index is 1720. The van der Waals surface area contributed by atoms with Crippen LogP contribution < -0.4 is 10.2 Å². The number of ether oxygens (including phenoxy) is 1. The first-order valence-corrected chi connectivity index (χ1v) is 13.3. The maximum Gasteiger partial charge on any atom is 0.379 e. The van der Waals surface area contributed by atoms with Crippen LogP contribution >= 0.6 is 55.1 Å². The molecule has 5 rings (SSSR count). The standard InChI is InChI=1S/C27H15Br2Cl2N3O4/c28-15-10-14(25(19(29)11-15)38-27(36)22-6-3-9-37-22)13-32-34-26(35)24-23(17-4-1-2-5-20(17)31)18-12-16(30)7-8-21(18)33-24/h1-13,33H,(H,34,35). The lowest BCUT2D eigenvalue weighted by Gasteiger charge is -2.10. The van der Waals surface area contributed by atoms with Gasteiger partial charge in [0.05, 0.1) is 17.0 Å². The number of H-pyrrole nitrogens is 1. The van der Waals surface area contributed by atoms with E-state index in [2.05, 4.69) is 47.4 Å². The molecule has 0 aliphatic carbocycles. The van der Waals surface area contributed by atoms with Crippen LogP contribution in [-0.2, 0) is 0 Å². The predicted octanol–water partition coefficient (Wildman–Crippen LogP) is 8.24. The van der Waals surface area contributed by atoms with Crippen molar-refractivity contribution < 1.29 is 18.7 Å².